The lowest BCUT2D eigenvalue weighted by molar-refractivity contribution is -0.153. The molecule has 3 aliphatic heterocycles. The summed E-state index contributed by atoms with van der Waals surface area (Å²) in [6, 6.07) is -0.513. The van der Waals surface area contributed by atoms with Gasteiger partial charge in [0, 0.05) is 11.9 Å². The Bertz CT molecular complexity index is 1820. The Morgan fingerprint density at radius 1 is 1.16 bits per heavy atom. The van der Waals surface area contributed by atoms with E-state index in [2.05, 4.69) is 20.9 Å². The highest BCUT2D eigenvalue weighted by atomic mass is 35.5. The third kappa shape index (κ3) is 6.18. The molecular weight excluding hydrogens is 720 g/mol. The molecule has 4 heterocycles. The number of nitrogens with one attached hydrogen (secondary N) is 2. The average molecular weight is 743 g/mol. The summed E-state index contributed by atoms with van der Waals surface area (Å²) in [5, 5.41) is 54.1. The topological polar surface area (TPSA) is 315 Å². The molecule has 0 bridgehead atoms. The quantitative estimate of drug-likeness (QED) is 0.0285. The Morgan fingerprint density at radius 3 is 2.49 bits per heavy atom. The fourth-order valence-corrected chi connectivity index (χ4v) is 7.32. The zero-order valence-corrected chi connectivity index (χ0v) is 26.7. The number of aliphatic hydroxyl groups excluding tert-OH is 1. The molecule has 21 nitrogen and oxygen atoms in total. The number of Topliss-reactive ketones (excluding diaryl/α,β-unsaturated/α-hetero) is 1. The van der Waals surface area contributed by atoms with Crippen LogP contribution in [0.4, 0.5) is 9.93 Å². The minimum absolute atomic E-state index is 0.00394. The third-order valence-electron chi connectivity index (χ3n) is 7.38. The number of phenolic OH excluding ortho intramolecular Hbond substituents is 2. The van der Waals surface area contributed by atoms with Crippen molar-refractivity contribution in [2.75, 3.05) is 32.0 Å². The van der Waals surface area contributed by atoms with Crippen molar-refractivity contribution in [2.45, 2.75) is 22.4 Å². The lowest BCUT2D eigenvalue weighted by Crippen LogP contribution is -2.68. The zero-order valence-electron chi connectivity index (χ0n) is 24.3. The fourth-order valence-electron chi connectivity index (χ4n) is 4.89. The number of carboxylic acid groups (broad SMARTS) is 2. The number of hydrogen-bond acceptors (Lipinski definition) is 16. The molecular formula is C25H23ClN8O13S2. The Labute approximate surface area is 285 Å². The predicted octanol–water partition coefficient (Wildman–Crippen LogP) is -2.21. The van der Waals surface area contributed by atoms with Crippen molar-refractivity contribution in [3.63, 3.8) is 0 Å². The summed E-state index contributed by atoms with van der Waals surface area (Å²) < 4.78 is 0. The van der Waals surface area contributed by atoms with Gasteiger partial charge in [0.1, 0.15) is 17.1 Å². The molecule has 260 valence electrons. The van der Waals surface area contributed by atoms with E-state index < -0.39 is 105 Å². The highest BCUT2D eigenvalue weighted by molar-refractivity contribution is 8.02. The van der Waals surface area contributed by atoms with E-state index in [-0.39, 0.29) is 23.9 Å². The van der Waals surface area contributed by atoms with E-state index in [1.165, 1.54) is 5.38 Å². The number of nitrogens with two attached hydrogens (primary N) is 1. The van der Waals surface area contributed by atoms with Gasteiger partial charge in [-0.2, -0.15) is 0 Å². The normalized spacial score (nSPS) is 22.3. The summed E-state index contributed by atoms with van der Waals surface area (Å²) in [4.78, 5) is 97.5. The number of oxime groups is 1. The third-order valence-corrected chi connectivity index (χ3v) is 10.1. The number of β-lactam (4-membered cyclic amide) rings is 1. The number of thioether (sulfide) groups is 1. The van der Waals surface area contributed by atoms with E-state index in [1.54, 1.807) is 0 Å². The number of rotatable bonds is 12. The molecule has 1 aromatic carbocycles. The van der Waals surface area contributed by atoms with E-state index in [1.807, 2.05) is 0 Å². The molecule has 0 saturated carbocycles. The predicted molar refractivity (Wildman–Crippen MR) is 164 cm³/mol. The van der Waals surface area contributed by atoms with Gasteiger partial charge < -0.3 is 46.3 Å². The van der Waals surface area contributed by atoms with Crippen LogP contribution in [0, 0.1) is 0 Å². The second kappa shape index (κ2) is 13.3. The minimum atomic E-state index is -2.11. The van der Waals surface area contributed by atoms with E-state index in [4.69, 9.17) is 27.3 Å². The first-order valence-corrected chi connectivity index (χ1v) is 15.7. The maximum Gasteiger partial charge on any atom is 0.350 e. The first-order valence-electron chi connectivity index (χ1n) is 13.6. The van der Waals surface area contributed by atoms with Gasteiger partial charge in [-0.15, -0.1) is 11.3 Å². The van der Waals surface area contributed by atoms with Gasteiger partial charge in [-0.05, 0) is 12.1 Å². The molecule has 1 aromatic heterocycles. The van der Waals surface area contributed by atoms with Crippen LogP contribution >= 0.6 is 34.7 Å². The number of benzene rings is 1. The second-order valence-electron chi connectivity index (χ2n) is 10.3. The molecule has 3 fully saturated rings. The molecule has 0 aliphatic carbocycles. The van der Waals surface area contributed by atoms with E-state index >= 15 is 0 Å². The number of aliphatic hydroxyl groups is 1. The number of hydrazine groups is 1. The summed E-state index contributed by atoms with van der Waals surface area (Å²) in [5.74, 6) is -9.10. The molecule has 9 N–H and O–H groups in total. The Balaban J connectivity index is 1.30. The van der Waals surface area contributed by atoms with Crippen molar-refractivity contribution in [3.05, 3.63) is 33.8 Å². The van der Waals surface area contributed by atoms with Crippen LogP contribution in [0.5, 0.6) is 11.5 Å². The molecule has 0 unspecified atom stereocenters. The number of nitrogens with zero attached hydrogens (tertiary/aromatic N) is 5. The van der Waals surface area contributed by atoms with Crippen LogP contribution < -0.4 is 16.5 Å². The average Bonchev–Trinajstić information content (AvgIpc) is 3.76. The number of fused-ring (bicyclic) bond motifs is 1. The zero-order chi connectivity index (χ0) is 35.9. The maximum absolute atomic E-state index is 13.4. The number of ketones is 1. The number of carbonyl (C=O) groups excluding carboxylic acids is 5. The van der Waals surface area contributed by atoms with Gasteiger partial charge in [0.05, 0.1) is 30.3 Å². The first kappa shape index (κ1) is 34.9. The number of thiazole rings is 1. The number of aliphatic carboxylic acids is 2. The molecule has 0 radical (unpaired) electrons. The van der Waals surface area contributed by atoms with Crippen LogP contribution in [-0.4, -0.2) is 141 Å². The largest absolute Gasteiger partial charge is 0.504 e. The number of amides is 5. The molecule has 5 amide bonds. The highest BCUT2D eigenvalue weighted by Crippen LogP contribution is 2.49. The van der Waals surface area contributed by atoms with E-state index in [9.17, 15) is 54.0 Å². The van der Waals surface area contributed by atoms with E-state index in [0.29, 0.717) is 16.8 Å². The van der Waals surface area contributed by atoms with Crippen molar-refractivity contribution in [2.24, 2.45) is 5.16 Å². The van der Waals surface area contributed by atoms with Crippen LogP contribution in [0.3, 0.4) is 0 Å². The number of carbonyl (C=O) groups is 7. The van der Waals surface area contributed by atoms with Crippen LogP contribution in [0.15, 0.2) is 22.7 Å². The molecule has 0 spiro atoms. The van der Waals surface area contributed by atoms with Gasteiger partial charge in [0.2, 0.25) is 16.9 Å². The summed E-state index contributed by atoms with van der Waals surface area (Å²) in [6.45, 7) is -2.10. The number of hydrogen-bond donors (Lipinski definition) is 8. The number of halogens is 1. The lowest BCUT2D eigenvalue weighted by atomic mass is 10.1. The lowest BCUT2D eigenvalue weighted by Gasteiger charge is -2.41. The van der Waals surface area contributed by atoms with Gasteiger partial charge in [-0.3, -0.25) is 29.5 Å². The number of carboxylic acids is 2. The number of urea groups is 1. The van der Waals surface area contributed by atoms with Gasteiger partial charge in [-0.25, -0.2) is 24.4 Å². The van der Waals surface area contributed by atoms with Crippen LogP contribution in [0.1, 0.15) is 16.1 Å². The van der Waals surface area contributed by atoms with Gasteiger partial charge in [-0.1, -0.05) is 28.5 Å². The van der Waals surface area contributed by atoms with Crippen molar-refractivity contribution in [3.8, 4) is 11.5 Å². The summed E-state index contributed by atoms with van der Waals surface area (Å²) >= 11 is 7.40. The standard InChI is InChI=1S/C25H23ClN8O13S2/c26-12-8(1-2-10(36)16(12)38)15(37)18(40)30-34-4-3-33(24(34)46)25(22(44)45)7-32-19(41)14(20(32)49-25)29-17(39)13(9-6-48-23(27)28-9)31-47-11(5-35)21(42)43/h1-2,6,11,14,20,35-36,38H,3-5,7H2,(H2,27,28)(H,29,39)(H,30,40)(H,42,43)(H,44,45)/b31-13-/t11-,14+,20+,25+/m0/s1. The van der Waals surface area contributed by atoms with Crippen LogP contribution in [0.2, 0.25) is 5.02 Å². The number of aromatic hydroxyl groups is 2. The van der Waals surface area contributed by atoms with Crippen molar-refractivity contribution in [1.29, 1.82) is 0 Å². The summed E-state index contributed by atoms with van der Waals surface area (Å²) in [7, 11) is 0. The first-order chi connectivity index (χ1) is 23.1. The summed E-state index contributed by atoms with van der Waals surface area (Å²) in [6.07, 6.45) is -1.85. The second-order valence-corrected chi connectivity index (χ2v) is 13.0. The Morgan fingerprint density at radius 2 is 1.88 bits per heavy atom. The SMILES string of the molecule is Nc1nc(/C(=N/O[C@@H](CO)C(=O)O)C(=O)N[C@@H]2C(=O)N3C[C@@](C(=O)O)(N4CCN(NC(=O)C(=O)c5ccc(O)c(O)c5Cl)C4=O)S[C@H]23)cs1. The molecule has 4 atom stereocenters. The van der Waals surface area contributed by atoms with Crippen LogP contribution in [-0.2, 0) is 28.8 Å². The molecule has 24 heteroatoms. The van der Waals surface area contributed by atoms with Crippen molar-refractivity contribution >= 4 is 87.0 Å². The number of nitrogen functional groups attached to an aromatic ring is 1. The Hall–Kier alpha value is -5.39. The number of phenols is 2. The monoisotopic (exact) mass is 742 g/mol. The molecule has 49 heavy (non-hydrogen) atoms. The maximum atomic E-state index is 13.4. The van der Waals surface area contributed by atoms with Gasteiger partial charge >= 0.3 is 23.9 Å². The van der Waals surface area contributed by atoms with Gasteiger partial charge in [0.15, 0.2) is 22.3 Å². The summed E-state index contributed by atoms with van der Waals surface area (Å²) in [5.41, 5.74) is 6.44. The Kier molecular flexibility index (Phi) is 9.45. The number of anilines is 1. The smallest absolute Gasteiger partial charge is 0.350 e. The van der Waals surface area contributed by atoms with Crippen molar-refractivity contribution < 1.29 is 63.9 Å². The minimum Gasteiger partial charge on any atom is -0.504 e. The highest BCUT2D eigenvalue weighted by Gasteiger charge is 2.66. The van der Waals surface area contributed by atoms with Crippen LogP contribution in [0.25, 0.3) is 0 Å². The molecule has 2 aromatic rings. The van der Waals surface area contributed by atoms with Crippen molar-refractivity contribution in [1.82, 2.24) is 30.5 Å². The molecule has 3 aliphatic rings. The van der Waals surface area contributed by atoms with E-state index in [0.717, 1.165) is 33.3 Å². The number of aromatic nitrogens is 1. The molecule has 3 saturated heterocycles. The molecule has 5 rings (SSSR count). The van der Waals surface area contributed by atoms with Gasteiger partial charge in [0.25, 0.3) is 11.7 Å². The fraction of sp³-hybridized carbons (Fsp3) is 0.320.